The second kappa shape index (κ2) is 5.39. The van der Waals surface area contributed by atoms with Crippen LogP contribution < -0.4 is 5.19 Å². The van der Waals surface area contributed by atoms with E-state index in [4.69, 9.17) is 0 Å². The molecule has 0 N–H and O–H groups in total. The minimum Gasteiger partial charge on any atom is -0.0648 e. The molecule has 0 unspecified atom stereocenters. The van der Waals surface area contributed by atoms with Crippen LogP contribution in [0.2, 0.25) is 16.6 Å². The topological polar surface area (TPSA) is 0 Å². The van der Waals surface area contributed by atoms with Crippen LogP contribution in [-0.2, 0) is 0 Å². The third kappa shape index (κ3) is 2.35. The van der Waals surface area contributed by atoms with E-state index in [9.17, 15) is 0 Å². The van der Waals surface area contributed by atoms with Crippen LogP contribution in [0.15, 0.2) is 24.3 Å². The molecule has 0 nitrogen and oxygen atoms in total. The maximum atomic E-state index is 2.43. The largest absolute Gasteiger partial charge is 0.0945 e. The highest BCUT2D eigenvalue weighted by Crippen LogP contribution is 2.41. The first-order valence-corrected chi connectivity index (χ1v) is 9.14. The molecule has 0 amide bonds. The van der Waals surface area contributed by atoms with Gasteiger partial charge in [0.1, 0.15) is 0 Å². The Hall–Kier alpha value is -0.563. The summed E-state index contributed by atoms with van der Waals surface area (Å²) >= 11 is 0. The van der Waals surface area contributed by atoms with Crippen LogP contribution in [0.3, 0.4) is 0 Å². The van der Waals surface area contributed by atoms with Gasteiger partial charge in [-0.15, -0.1) is 0 Å². The summed E-state index contributed by atoms with van der Waals surface area (Å²) < 4.78 is 0. The molecule has 17 heavy (non-hydrogen) atoms. The van der Waals surface area contributed by atoms with Gasteiger partial charge in [0.25, 0.3) is 0 Å². The normalized spacial score (nSPS) is 12.8. The summed E-state index contributed by atoms with van der Waals surface area (Å²) in [5, 5.41) is 1.68. The second-order valence-electron chi connectivity index (χ2n) is 6.21. The van der Waals surface area contributed by atoms with Gasteiger partial charge >= 0.3 is 0 Å². The first kappa shape index (κ1) is 14.5. The van der Waals surface area contributed by atoms with Gasteiger partial charge in [-0.05, 0) is 23.5 Å². The van der Waals surface area contributed by atoms with Crippen LogP contribution in [0.5, 0.6) is 0 Å². The van der Waals surface area contributed by atoms with E-state index in [1.54, 1.807) is 5.19 Å². The third-order valence-corrected chi connectivity index (χ3v) is 11.7. The zero-order chi connectivity index (χ0) is 13.2. The summed E-state index contributed by atoms with van der Waals surface area (Å²) in [5.41, 5.74) is 3.88. The smallest absolute Gasteiger partial charge is 0.0648 e. The van der Waals surface area contributed by atoms with Crippen LogP contribution in [0, 0.1) is 6.92 Å². The highest BCUT2D eigenvalue weighted by Gasteiger charge is 2.44. The molecule has 0 atom stereocenters. The molecule has 0 fully saturated rings. The van der Waals surface area contributed by atoms with E-state index in [2.05, 4.69) is 72.7 Å². The Morgan fingerprint density at radius 2 is 1.18 bits per heavy atom. The lowest BCUT2D eigenvalue weighted by atomic mass is 10.2. The molecular formula is C16H28Si. The zero-order valence-corrected chi connectivity index (χ0v) is 13.5. The van der Waals surface area contributed by atoms with Crippen LogP contribution >= 0.6 is 0 Å². The van der Waals surface area contributed by atoms with Gasteiger partial charge in [0.15, 0.2) is 0 Å². The van der Waals surface area contributed by atoms with Crippen LogP contribution in [-0.4, -0.2) is 8.07 Å². The van der Waals surface area contributed by atoms with Gasteiger partial charge in [0.05, 0.1) is 8.07 Å². The summed E-state index contributed by atoms with van der Waals surface area (Å²) in [7, 11) is -1.45. The van der Waals surface area contributed by atoms with Crippen molar-refractivity contribution in [3.8, 4) is 0 Å². The number of aryl methyl sites for hydroxylation is 1. The fraction of sp³-hybridized carbons (Fsp3) is 0.625. The molecule has 0 bridgehead atoms. The van der Waals surface area contributed by atoms with Gasteiger partial charge in [-0.25, -0.2) is 0 Å². The highest BCUT2D eigenvalue weighted by atomic mass is 28.3. The number of rotatable bonds is 4. The third-order valence-electron chi connectivity index (χ3n) is 4.48. The van der Waals surface area contributed by atoms with Gasteiger partial charge in [0, 0.05) is 0 Å². The van der Waals surface area contributed by atoms with E-state index >= 15 is 0 Å². The molecule has 0 spiro atoms. The predicted molar refractivity (Wildman–Crippen MR) is 81.9 cm³/mol. The van der Waals surface area contributed by atoms with Gasteiger partial charge < -0.3 is 0 Å². The molecule has 0 radical (unpaired) electrons. The fourth-order valence-corrected chi connectivity index (χ4v) is 11.0. The van der Waals surface area contributed by atoms with E-state index in [-0.39, 0.29) is 0 Å². The van der Waals surface area contributed by atoms with Gasteiger partial charge in [-0.3, -0.25) is 0 Å². The molecule has 1 aromatic carbocycles. The van der Waals surface area contributed by atoms with Crippen molar-refractivity contribution in [2.24, 2.45) is 0 Å². The monoisotopic (exact) mass is 248 g/mol. The van der Waals surface area contributed by atoms with Gasteiger partial charge in [-0.2, -0.15) is 0 Å². The Morgan fingerprint density at radius 3 is 1.53 bits per heavy atom. The lowest BCUT2D eigenvalue weighted by Crippen LogP contribution is -2.56. The van der Waals surface area contributed by atoms with Crippen molar-refractivity contribution >= 4 is 13.3 Å². The molecular weight excluding hydrogens is 220 g/mol. The fourth-order valence-electron chi connectivity index (χ4n) is 3.99. The van der Waals surface area contributed by atoms with Crippen molar-refractivity contribution in [2.75, 3.05) is 0 Å². The maximum absolute atomic E-state index is 2.43. The summed E-state index contributed by atoms with van der Waals surface area (Å²) in [6, 6.07) is 9.06. The average molecular weight is 248 g/mol. The molecule has 96 valence electrons. The highest BCUT2D eigenvalue weighted by molar-refractivity contribution is 6.95. The lowest BCUT2D eigenvalue weighted by Gasteiger charge is -2.44. The second-order valence-corrected chi connectivity index (χ2v) is 12.1. The Labute approximate surface area is 108 Å². The summed E-state index contributed by atoms with van der Waals surface area (Å²) in [5.74, 6) is 0. The van der Waals surface area contributed by atoms with Gasteiger partial charge in [0.2, 0.25) is 0 Å². The van der Waals surface area contributed by atoms with Crippen LogP contribution in [0.25, 0.3) is 0 Å². The Morgan fingerprint density at radius 1 is 0.765 bits per heavy atom. The molecule has 1 aromatic rings. The molecule has 0 aliphatic carbocycles. The van der Waals surface area contributed by atoms with E-state index in [1.165, 1.54) is 5.56 Å². The maximum Gasteiger partial charge on any atom is 0.0945 e. The van der Waals surface area contributed by atoms with E-state index < -0.39 is 8.07 Å². The van der Waals surface area contributed by atoms with Crippen molar-refractivity contribution in [1.29, 1.82) is 0 Å². The average Bonchev–Trinajstić information content (AvgIpc) is 2.19. The summed E-state index contributed by atoms with van der Waals surface area (Å²) in [6.07, 6.45) is 0. The zero-order valence-electron chi connectivity index (χ0n) is 12.5. The quantitative estimate of drug-likeness (QED) is 0.666. The first-order valence-electron chi connectivity index (χ1n) is 6.91. The molecule has 0 heterocycles. The minimum atomic E-state index is -1.45. The summed E-state index contributed by atoms with van der Waals surface area (Å²) in [6.45, 7) is 16.9. The van der Waals surface area contributed by atoms with Crippen molar-refractivity contribution in [1.82, 2.24) is 0 Å². The SMILES string of the molecule is Cc1ccccc1[Si](C(C)C)(C(C)C)C(C)C. The van der Waals surface area contributed by atoms with Crippen molar-refractivity contribution < 1.29 is 0 Å². The Bertz CT molecular complexity index is 342. The molecule has 0 saturated heterocycles. The molecule has 0 aliphatic rings. The molecule has 0 aromatic heterocycles. The van der Waals surface area contributed by atoms with Crippen molar-refractivity contribution in [2.45, 2.75) is 65.1 Å². The molecule has 0 aliphatic heterocycles. The van der Waals surface area contributed by atoms with E-state index in [1.807, 2.05) is 0 Å². The van der Waals surface area contributed by atoms with Crippen molar-refractivity contribution in [3.05, 3.63) is 29.8 Å². The van der Waals surface area contributed by atoms with Crippen molar-refractivity contribution in [3.63, 3.8) is 0 Å². The molecule has 1 heteroatoms. The minimum absolute atomic E-state index is 0.795. The van der Waals surface area contributed by atoms with Crippen LogP contribution in [0.4, 0.5) is 0 Å². The standard InChI is InChI=1S/C16H28Si/c1-12(2)17(13(3)4,14(5)6)16-11-9-8-10-15(16)7/h8-14H,1-7H3. The van der Waals surface area contributed by atoms with Gasteiger partial charge in [-0.1, -0.05) is 76.6 Å². The Kier molecular flexibility index (Phi) is 4.59. The molecule has 1 rings (SSSR count). The van der Waals surface area contributed by atoms with E-state index in [0.717, 1.165) is 16.6 Å². The van der Waals surface area contributed by atoms with Crippen LogP contribution in [0.1, 0.15) is 47.1 Å². The number of hydrogen-bond acceptors (Lipinski definition) is 0. The van der Waals surface area contributed by atoms with E-state index in [0.29, 0.717) is 0 Å². The lowest BCUT2D eigenvalue weighted by molar-refractivity contribution is 0.834. The molecule has 0 saturated carbocycles. The number of hydrogen-bond donors (Lipinski definition) is 0. The summed E-state index contributed by atoms with van der Waals surface area (Å²) in [4.78, 5) is 0. The number of benzene rings is 1. The Balaban J connectivity index is 3.48. The predicted octanol–water partition coefficient (Wildman–Crippen LogP) is 4.88. The first-order chi connectivity index (χ1) is 7.85.